The minimum Gasteiger partial charge on any atom is -0.372 e. The molecule has 21 heavy (non-hydrogen) atoms. The Kier molecular flexibility index (Phi) is 4.24. The third-order valence-electron chi connectivity index (χ3n) is 3.95. The number of fused-ring (bicyclic) bond motifs is 1. The predicted molar refractivity (Wildman–Crippen MR) is 89.6 cm³/mol. The molecule has 0 unspecified atom stereocenters. The van der Waals surface area contributed by atoms with Crippen LogP contribution in [0.25, 0.3) is 10.2 Å². The summed E-state index contributed by atoms with van der Waals surface area (Å²) < 4.78 is 11.4. The average molecular weight is 324 g/mol. The third kappa shape index (κ3) is 2.95. The van der Waals surface area contributed by atoms with Crippen LogP contribution < -0.4 is 5.32 Å². The van der Waals surface area contributed by atoms with Crippen molar-refractivity contribution in [1.29, 1.82) is 0 Å². The molecule has 0 bridgehead atoms. The number of thiophene rings is 1. The summed E-state index contributed by atoms with van der Waals surface area (Å²) in [5.41, 5.74) is 1.26. The predicted octanol–water partition coefficient (Wildman–Crippen LogP) is 1.91. The third-order valence-corrected chi connectivity index (χ3v) is 6.32. The van der Waals surface area contributed by atoms with Gasteiger partial charge in [0.25, 0.3) is 0 Å². The van der Waals surface area contributed by atoms with Gasteiger partial charge in [0.05, 0.1) is 11.9 Å². The highest BCUT2D eigenvalue weighted by Crippen LogP contribution is 2.33. The van der Waals surface area contributed by atoms with E-state index in [4.69, 9.17) is 4.98 Å². The Labute approximate surface area is 131 Å². The van der Waals surface area contributed by atoms with E-state index in [0.717, 1.165) is 53.0 Å². The zero-order chi connectivity index (χ0) is 15.0. The van der Waals surface area contributed by atoms with E-state index in [1.54, 1.807) is 11.3 Å². The molecule has 0 aliphatic carbocycles. The quantitative estimate of drug-likeness (QED) is 0.935. The molecule has 1 fully saturated rings. The van der Waals surface area contributed by atoms with E-state index < -0.39 is 10.8 Å². The molecule has 1 saturated heterocycles. The van der Waals surface area contributed by atoms with Crippen LogP contribution in [0, 0.1) is 13.8 Å². The van der Waals surface area contributed by atoms with Gasteiger partial charge in [0, 0.05) is 47.3 Å². The second kappa shape index (κ2) is 5.98. The maximum Gasteiger partial charge on any atom is 0.146 e. The number of aryl methyl sites for hydroxylation is 2. The normalized spacial score (nSPS) is 17.5. The number of nitrogens with one attached hydrogen (secondary N) is 1. The van der Waals surface area contributed by atoms with Gasteiger partial charge in [0.2, 0.25) is 0 Å². The number of hydrogen-bond donors (Lipinski definition) is 1. The van der Waals surface area contributed by atoms with Gasteiger partial charge in [-0.2, -0.15) is 0 Å². The first kappa shape index (κ1) is 14.9. The molecular formula is C14H20N4OS2. The van der Waals surface area contributed by atoms with Crippen LogP contribution in [-0.2, 0) is 17.3 Å². The van der Waals surface area contributed by atoms with Gasteiger partial charge < -0.3 is 5.32 Å². The molecule has 0 saturated carbocycles. The first-order valence-corrected chi connectivity index (χ1v) is 9.40. The lowest BCUT2D eigenvalue weighted by Gasteiger charge is -2.25. The van der Waals surface area contributed by atoms with Crippen molar-refractivity contribution in [3.63, 3.8) is 0 Å². The topological polar surface area (TPSA) is 58.1 Å². The summed E-state index contributed by atoms with van der Waals surface area (Å²) >= 11 is 1.73. The molecule has 0 aromatic carbocycles. The van der Waals surface area contributed by atoms with Crippen LogP contribution in [0.3, 0.4) is 0 Å². The lowest BCUT2D eigenvalue weighted by Crippen LogP contribution is -2.37. The Balaban J connectivity index is 1.91. The van der Waals surface area contributed by atoms with Gasteiger partial charge in [-0.15, -0.1) is 11.3 Å². The van der Waals surface area contributed by atoms with Crippen molar-refractivity contribution in [1.82, 2.24) is 14.9 Å². The smallest absolute Gasteiger partial charge is 0.146 e. The second-order valence-electron chi connectivity index (χ2n) is 5.33. The van der Waals surface area contributed by atoms with Crippen molar-refractivity contribution < 1.29 is 4.21 Å². The molecular weight excluding hydrogens is 304 g/mol. The average Bonchev–Trinajstić information content (AvgIpc) is 2.76. The Morgan fingerprint density at radius 1 is 1.29 bits per heavy atom. The van der Waals surface area contributed by atoms with E-state index in [1.165, 1.54) is 10.4 Å². The summed E-state index contributed by atoms with van der Waals surface area (Å²) in [7, 11) is 1.27. The van der Waals surface area contributed by atoms with Crippen LogP contribution in [0.5, 0.6) is 0 Å². The van der Waals surface area contributed by atoms with Gasteiger partial charge in [0.1, 0.15) is 16.5 Å². The van der Waals surface area contributed by atoms with Crippen LogP contribution in [0.2, 0.25) is 0 Å². The van der Waals surface area contributed by atoms with E-state index in [2.05, 4.69) is 29.0 Å². The van der Waals surface area contributed by atoms with E-state index >= 15 is 0 Å². The fourth-order valence-electron chi connectivity index (χ4n) is 2.58. The summed E-state index contributed by atoms with van der Waals surface area (Å²) in [6.07, 6.45) is 0. The van der Waals surface area contributed by atoms with E-state index in [0.29, 0.717) is 0 Å². The molecule has 3 rings (SSSR count). The molecule has 2 aromatic heterocycles. The lowest BCUT2D eigenvalue weighted by atomic mass is 10.2. The van der Waals surface area contributed by atoms with Gasteiger partial charge in [-0.05, 0) is 19.4 Å². The van der Waals surface area contributed by atoms with Crippen LogP contribution in [0.15, 0.2) is 0 Å². The maximum atomic E-state index is 11.4. The first-order valence-electron chi connectivity index (χ1n) is 7.10. The second-order valence-corrected chi connectivity index (χ2v) is 8.23. The van der Waals surface area contributed by atoms with E-state index in [-0.39, 0.29) is 0 Å². The zero-order valence-electron chi connectivity index (χ0n) is 12.6. The molecule has 0 atom stereocenters. The van der Waals surface area contributed by atoms with Gasteiger partial charge in [-0.3, -0.25) is 9.11 Å². The summed E-state index contributed by atoms with van der Waals surface area (Å²) in [5.74, 6) is 3.29. The Hall–Kier alpha value is -1.05. The fourth-order valence-corrected chi connectivity index (χ4v) is 4.76. The largest absolute Gasteiger partial charge is 0.372 e. The molecule has 0 amide bonds. The highest BCUT2D eigenvalue weighted by atomic mass is 32.2. The van der Waals surface area contributed by atoms with E-state index in [1.807, 2.05) is 7.05 Å². The van der Waals surface area contributed by atoms with Crippen LogP contribution in [0.4, 0.5) is 5.82 Å². The van der Waals surface area contributed by atoms with Gasteiger partial charge in [0.15, 0.2) is 0 Å². The van der Waals surface area contributed by atoms with Gasteiger partial charge >= 0.3 is 0 Å². The maximum absolute atomic E-state index is 11.4. The molecule has 1 aliphatic heterocycles. The Bertz CT molecular complexity index is 688. The molecule has 0 spiro atoms. The number of hydrogen-bond acceptors (Lipinski definition) is 6. The van der Waals surface area contributed by atoms with Gasteiger partial charge in [-0.1, -0.05) is 0 Å². The fraction of sp³-hybridized carbons (Fsp3) is 0.571. The zero-order valence-corrected chi connectivity index (χ0v) is 14.2. The van der Waals surface area contributed by atoms with E-state index in [9.17, 15) is 4.21 Å². The van der Waals surface area contributed by atoms with Crippen molar-refractivity contribution in [2.45, 2.75) is 20.4 Å². The molecule has 7 heteroatoms. The number of aromatic nitrogens is 2. The Morgan fingerprint density at radius 3 is 2.67 bits per heavy atom. The van der Waals surface area contributed by atoms with Crippen molar-refractivity contribution >= 4 is 38.2 Å². The minimum absolute atomic E-state index is 0.640. The Morgan fingerprint density at radius 2 is 2.00 bits per heavy atom. The van der Waals surface area contributed by atoms with Crippen LogP contribution in [0.1, 0.15) is 16.3 Å². The number of rotatable bonds is 3. The molecule has 1 N–H and O–H groups in total. The minimum atomic E-state index is -0.640. The molecule has 3 heterocycles. The number of anilines is 1. The van der Waals surface area contributed by atoms with Crippen molar-refractivity contribution in [2.75, 3.05) is 37.0 Å². The molecule has 0 radical (unpaired) electrons. The molecule has 5 nitrogen and oxygen atoms in total. The summed E-state index contributed by atoms with van der Waals surface area (Å²) in [6, 6.07) is 0. The van der Waals surface area contributed by atoms with Gasteiger partial charge in [-0.25, -0.2) is 9.97 Å². The summed E-state index contributed by atoms with van der Waals surface area (Å²) in [6.45, 7) is 6.72. The van der Waals surface area contributed by atoms with Crippen LogP contribution >= 0.6 is 11.3 Å². The summed E-state index contributed by atoms with van der Waals surface area (Å²) in [4.78, 5) is 14.0. The monoisotopic (exact) mass is 324 g/mol. The highest BCUT2D eigenvalue weighted by Gasteiger charge is 2.18. The standard InChI is InChI=1S/C14H20N4OS2/c1-9-10(2)20-14-12(9)13(15-3)16-11(17-14)8-18-4-6-21(19)7-5-18/h4-8H2,1-3H3,(H,15,16,17). The number of nitrogens with zero attached hydrogens (tertiary/aromatic N) is 3. The SMILES string of the molecule is CNc1nc(CN2CCS(=O)CC2)nc2sc(C)c(C)c12. The molecule has 114 valence electrons. The molecule has 1 aliphatic rings. The van der Waals surface area contributed by atoms with Crippen molar-refractivity contribution in [3.8, 4) is 0 Å². The highest BCUT2D eigenvalue weighted by molar-refractivity contribution is 7.85. The lowest BCUT2D eigenvalue weighted by molar-refractivity contribution is 0.284. The van der Waals surface area contributed by atoms with Crippen molar-refractivity contribution in [2.24, 2.45) is 0 Å². The first-order chi connectivity index (χ1) is 10.1. The van der Waals surface area contributed by atoms with Crippen molar-refractivity contribution in [3.05, 3.63) is 16.3 Å². The summed E-state index contributed by atoms with van der Waals surface area (Å²) in [5, 5.41) is 4.34. The van der Waals surface area contributed by atoms with Crippen LogP contribution in [-0.4, -0.2) is 50.7 Å². The molecule has 2 aromatic rings.